The second-order valence-electron chi connectivity index (χ2n) is 8.40. The van der Waals surface area contributed by atoms with Crippen molar-refractivity contribution in [2.75, 3.05) is 11.6 Å². The van der Waals surface area contributed by atoms with Gasteiger partial charge in [-0.05, 0) is 50.0 Å². The van der Waals surface area contributed by atoms with E-state index in [4.69, 9.17) is 0 Å². The molecule has 0 atom stereocenters. The summed E-state index contributed by atoms with van der Waals surface area (Å²) >= 11 is 1.33. The standard InChI is InChI=1S/C21H23F5N4OS/c1-32-15-10-14(6-9-27-15)28-19(31)18-16(21(24,25)26)17(13-2-3-13)29-30(18)11-12-4-7-20(22,23)8-5-12/h6,9-10,12-13H,2-5,7-8,11H2,1H3,(H,27,28,31). The highest BCUT2D eigenvalue weighted by Gasteiger charge is 2.46. The number of alkyl halides is 5. The second kappa shape index (κ2) is 8.64. The first-order chi connectivity index (χ1) is 15.1. The van der Waals surface area contributed by atoms with Gasteiger partial charge >= 0.3 is 6.18 Å². The predicted molar refractivity (Wildman–Crippen MR) is 110 cm³/mol. The smallest absolute Gasteiger partial charge is 0.321 e. The first-order valence-electron chi connectivity index (χ1n) is 10.4. The van der Waals surface area contributed by atoms with Crippen LogP contribution in [0.5, 0.6) is 0 Å². The van der Waals surface area contributed by atoms with Gasteiger partial charge in [0, 0.05) is 37.2 Å². The Bertz CT molecular complexity index is 993. The number of pyridine rings is 1. The van der Waals surface area contributed by atoms with Crippen LogP contribution in [0.2, 0.25) is 0 Å². The van der Waals surface area contributed by atoms with Crippen molar-refractivity contribution < 1.29 is 26.7 Å². The highest BCUT2D eigenvalue weighted by atomic mass is 32.2. The lowest BCUT2D eigenvalue weighted by atomic mass is 9.87. The first kappa shape index (κ1) is 23.0. The number of thioether (sulfide) groups is 1. The van der Waals surface area contributed by atoms with Crippen molar-refractivity contribution >= 4 is 23.4 Å². The molecule has 0 aliphatic heterocycles. The van der Waals surface area contributed by atoms with Crippen LogP contribution < -0.4 is 5.32 Å². The first-order valence-corrected chi connectivity index (χ1v) is 11.7. The van der Waals surface area contributed by atoms with E-state index in [-0.39, 0.29) is 49.8 Å². The summed E-state index contributed by atoms with van der Waals surface area (Å²) in [6.07, 6.45) is -0.610. The number of amides is 1. The molecule has 0 spiro atoms. The molecule has 0 bridgehead atoms. The Labute approximate surface area is 186 Å². The van der Waals surface area contributed by atoms with E-state index in [1.165, 1.54) is 24.0 Å². The zero-order chi connectivity index (χ0) is 23.1. The van der Waals surface area contributed by atoms with Crippen molar-refractivity contribution in [1.82, 2.24) is 14.8 Å². The highest BCUT2D eigenvalue weighted by molar-refractivity contribution is 7.98. The van der Waals surface area contributed by atoms with Crippen LogP contribution in [0.3, 0.4) is 0 Å². The zero-order valence-electron chi connectivity index (χ0n) is 17.4. The van der Waals surface area contributed by atoms with Crippen LogP contribution in [-0.2, 0) is 12.7 Å². The summed E-state index contributed by atoms with van der Waals surface area (Å²) in [7, 11) is 0. The maximum atomic E-state index is 14.1. The van der Waals surface area contributed by atoms with Crippen molar-refractivity contribution in [3.05, 3.63) is 35.3 Å². The maximum absolute atomic E-state index is 14.1. The van der Waals surface area contributed by atoms with Crippen LogP contribution >= 0.6 is 11.8 Å². The third-order valence-electron chi connectivity index (χ3n) is 5.91. The van der Waals surface area contributed by atoms with Gasteiger partial charge in [0.25, 0.3) is 5.91 Å². The van der Waals surface area contributed by atoms with Crippen molar-refractivity contribution in [3.63, 3.8) is 0 Å². The summed E-state index contributed by atoms with van der Waals surface area (Å²) in [4.78, 5) is 17.2. The van der Waals surface area contributed by atoms with E-state index in [1.54, 1.807) is 12.3 Å². The van der Waals surface area contributed by atoms with E-state index in [1.807, 2.05) is 0 Å². The van der Waals surface area contributed by atoms with E-state index < -0.39 is 29.3 Å². The van der Waals surface area contributed by atoms with Gasteiger partial charge in [-0.1, -0.05) is 0 Å². The fourth-order valence-electron chi connectivity index (χ4n) is 4.08. The molecule has 1 N–H and O–H groups in total. The Balaban J connectivity index is 1.68. The molecule has 174 valence electrons. The molecule has 0 unspecified atom stereocenters. The summed E-state index contributed by atoms with van der Waals surface area (Å²) < 4.78 is 70.3. The number of anilines is 1. The minimum absolute atomic E-state index is 0.00103. The lowest BCUT2D eigenvalue weighted by Gasteiger charge is -2.28. The van der Waals surface area contributed by atoms with Crippen molar-refractivity contribution in [1.29, 1.82) is 0 Å². The van der Waals surface area contributed by atoms with Gasteiger partial charge < -0.3 is 5.32 Å². The number of hydrogen-bond donors (Lipinski definition) is 1. The van der Waals surface area contributed by atoms with Crippen LogP contribution in [0, 0.1) is 5.92 Å². The van der Waals surface area contributed by atoms with E-state index in [2.05, 4.69) is 15.4 Å². The van der Waals surface area contributed by atoms with Crippen LogP contribution in [-0.4, -0.2) is 32.8 Å². The molecule has 1 amide bonds. The molecule has 0 saturated heterocycles. The Morgan fingerprint density at radius 3 is 2.53 bits per heavy atom. The third kappa shape index (κ3) is 5.07. The molecule has 0 aromatic carbocycles. The predicted octanol–water partition coefficient (Wildman–Crippen LogP) is 5.97. The van der Waals surface area contributed by atoms with Gasteiger partial charge in [0.15, 0.2) is 0 Å². The Hall–Kier alpha value is -2.17. The fourth-order valence-corrected chi connectivity index (χ4v) is 4.49. The van der Waals surface area contributed by atoms with Crippen LogP contribution in [0.15, 0.2) is 23.4 Å². The molecule has 5 nitrogen and oxygen atoms in total. The normalized spacial score (nSPS) is 19.2. The molecule has 0 radical (unpaired) electrons. The minimum atomic E-state index is -4.76. The van der Waals surface area contributed by atoms with Crippen LogP contribution in [0.1, 0.15) is 66.2 Å². The van der Waals surface area contributed by atoms with Gasteiger partial charge in [-0.25, -0.2) is 13.8 Å². The van der Waals surface area contributed by atoms with Gasteiger partial charge in [0.2, 0.25) is 5.92 Å². The largest absolute Gasteiger partial charge is 0.420 e. The number of carbonyl (C=O) groups is 1. The summed E-state index contributed by atoms with van der Waals surface area (Å²) in [6, 6.07) is 3.07. The molecule has 11 heteroatoms. The van der Waals surface area contributed by atoms with Crippen molar-refractivity contribution in [2.45, 2.75) is 68.1 Å². The maximum Gasteiger partial charge on any atom is 0.420 e. The minimum Gasteiger partial charge on any atom is -0.321 e. The molecule has 2 saturated carbocycles. The monoisotopic (exact) mass is 474 g/mol. The van der Waals surface area contributed by atoms with Crippen LogP contribution in [0.25, 0.3) is 0 Å². The van der Waals surface area contributed by atoms with E-state index >= 15 is 0 Å². The van der Waals surface area contributed by atoms with Gasteiger partial charge in [-0.2, -0.15) is 18.3 Å². The molecule has 32 heavy (non-hydrogen) atoms. The molecule has 2 heterocycles. The van der Waals surface area contributed by atoms with Gasteiger partial charge in [-0.15, -0.1) is 11.8 Å². The Morgan fingerprint density at radius 1 is 1.25 bits per heavy atom. The van der Waals surface area contributed by atoms with E-state index in [9.17, 15) is 26.7 Å². The van der Waals surface area contributed by atoms with Gasteiger partial charge in [0.05, 0.1) is 10.7 Å². The Kier molecular flexibility index (Phi) is 6.21. The topological polar surface area (TPSA) is 59.8 Å². The van der Waals surface area contributed by atoms with Crippen molar-refractivity contribution in [2.24, 2.45) is 5.92 Å². The number of halogens is 5. The SMILES string of the molecule is CSc1cc(NC(=O)c2c(C(F)(F)F)c(C3CC3)nn2CC2CCC(F)(F)CC2)ccn1. The lowest BCUT2D eigenvalue weighted by Crippen LogP contribution is -2.29. The second-order valence-corrected chi connectivity index (χ2v) is 9.23. The average molecular weight is 474 g/mol. The summed E-state index contributed by atoms with van der Waals surface area (Å²) in [5, 5.41) is 7.34. The summed E-state index contributed by atoms with van der Waals surface area (Å²) in [6.45, 7) is 0.00103. The fraction of sp³-hybridized carbons (Fsp3) is 0.571. The quantitative estimate of drug-likeness (QED) is 0.414. The van der Waals surface area contributed by atoms with E-state index in [0.717, 1.165) is 4.68 Å². The van der Waals surface area contributed by atoms with Crippen LogP contribution in [0.4, 0.5) is 27.6 Å². The number of rotatable bonds is 6. The summed E-state index contributed by atoms with van der Waals surface area (Å²) in [5.74, 6) is -4.26. The molecule has 2 aliphatic rings. The molecule has 2 aromatic heterocycles. The number of carbonyl (C=O) groups excluding carboxylic acids is 1. The molecule has 4 rings (SSSR count). The number of hydrogen-bond acceptors (Lipinski definition) is 4. The third-order valence-corrected chi connectivity index (χ3v) is 6.55. The molecule has 2 aliphatic carbocycles. The number of nitrogens with one attached hydrogen (secondary N) is 1. The molecule has 2 aromatic rings. The zero-order valence-corrected chi connectivity index (χ0v) is 18.2. The van der Waals surface area contributed by atoms with Gasteiger partial charge in [-0.3, -0.25) is 9.48 Å². The number of aromatic nitrogens is 3. The molecular formula is C21H23F5N4OS. The molecule has 2 fully saturated rings. The molecular weight excluding hydrogens is 451 g/mol. The van der Waals surface area contributed by atoms with Gasteiger partial charge in [0.1, 0.15) is 11.3 Å². The lowest BCUT2D eigenvalue weighted by molar-refractivity contribution is -0.138. The Morgan fingerprint density at radius 2 is 1.94 bits per heavy atom. The van der Waals surface area contributed by atoms with Crippen molar-refractivity contribution in [3.8, 4) is 0 Å². The highest BCUT2D eigenvalue weighted by Crippen LogP contribution is 2.47. The number of nitrogens with zero attached hydrogens (tertiary/aromatic N) is 3. The summed E-state index contributed by atoms with van der Waals surface area (Å²) in [5.41, 5.74) is -1.37. The van der Waals surface area contributed by atoms with E-state index in [0.29, 0.717) is 23.6 Å². The average Bonchev–Trinajstić information content (AvgIpc) is 3.49.